The lowest BCUT2D eigenvalue weighted by Gasteiger charge is -2.04. The van der Waals surface area contributed by atoms with Crippen LogP contribution in [0.1, 0.15) is 34.8 Å². The summed E-state index contributed by atoms with van der Waals surface area (Å²) in [5, 5.41) is 12.3. The fourth-order valence-corrected chi connectivity index (χ4v) is 1.56. The number of carboxylic acid groups (broad SMARTS) is 1. The summed E-state index contributed by atoms with van der Waals surface area (Å²) in [6.07, 6.45) is -1.56. The number of alkyl halides is 3. The molecule has 0 spiro atoms. The molecule has 0 bridgehead atoms. The van der Waals surface area contributed by atoms with Crippen LogP contribution in [0.5, 0.6) is 0 Å². The highest BCUT2D eigenvalue weighted by atomic mass is 19.4. The van der Waals surface area contributed by atoms with E-state index in [0.717, 1.165) is 12.8 Å². The predicted octanol–water partition coefficient (Wildman–Crippen LogP) is 2.02. The Bertz CT molecular complexity index is 421. The Morgan fingerprint density at radius 3 is 2.62 bits per heavy atom. The maximum Gasteiger partial charge on any atom is 0.408 e. The molecule has 2 rings (SSSR count). The summed E-state index contributed by atoms with van der Waals surface area (Å²) >= 11 is 0. The van der Waals surface area contributed by atoms with Gasteiger partial charge in [0.15, 0.2) is 5.69 Å². The van der Waals surface area contributed by atoms with Crippen LogP contribution in [-0.2, 0) is 6.54 Å². The van der Waals surface area contributed by atoms with Crippen molar-refractivity contribution in [2.75, 3.05) is 0 Å². The van der Waals surface area contributed by atoms with Crippen molar-refractivity contribution in [1.82, 2.24) is 9.78 Å². The molecule has 1 heterocycles. The molecule has 0 saturated heterocycles. The Morgan fingerprint density at radius 1 is 1.56 bits per heavy atom. The average molecular weight is 234 g/mol. The van der Waals surface area contributed by atoms with E-state index >= 15 is 0 Å². The second-order valence-electron chi connectivity index (χ2n) is 3.83. The molecular formula is C9H9F3N2O2. The van der Waals surface area contributed by atoms with Crippen LogP contribution >= 0.6 is 0 Å². The third-order valence-corrected chi connectivity index (χ3v) is 2.35. The minimum Gasteiger partial charge on any atom is -0.476 e. The minimum absolute atomic E-state index is 0.0630. The van der Waals surface area contributed by atoms with Gasteiger partial charge in [-0.2, -0.15) is 18.3 Å². The van der Waals surface area contributed by atoms with Gasteiger partial charge in [0.25, 0.3) is 0 Å². The highest BCUT2D eigenvalue weighted by Crippen LogP contribution is 2.41. The largest absolute Gasteiger partial charge is 0.476 e. The van der Waals surface area contributed by atoms with Crippen LogP contribution < -0.4 is 0 Å². The van der Waals surface area contributed by atoms with E-state index in [1.807, 2.05) is 0 Å². The number of halogens is 3. The van der Waals surface area contributed by atoms with Crippen molar-refractivity contribution in [2.24, 2.45) is 0 Å². The highest BCUT2D eigenvalue weighted by molar-refractivity contribution is 5.87. The molecule has 88 valence electrons. The van der Waals surface area contributed by atoms with E-state index in [1.165, 1.54) is 6.20 Å². The molecule has 1 N–H and O–H groups in total. The van der Waals surface area contributed by atoms with Gasteiger partial charge in [0.1, 0.15) is 6.54 Å². The molecule has 7 heteroatoms. The normalized spacial score (nSPS) is 16.4. The van der Waals surface area contributed by atoms with Crippen molar-refractivity contribution >= 4 is 5.97 Å². The van der Waals surface area contributed by atoms with Crippen molar-refractivity contribution in [1.29, 1.82) is 0 Å². The minimum atomic E-state index is -4.39. The highest BCUT2D eigenvalue weighted by Gasteiger charge is 2.34. The Hall–Kier alpha value is -1.53. The quantitative estimate of drug-likeness (QED) is 0.870. The summed E-state index contributed by atoms with van der Waals surface area (Å²) in [5.74, 6) is -1.21. The maximum atomic E-state index is 12.1. The molecule has 1 saturated carbocycles. The zero-order valence-corrected chi connectivity index (χ0v) is 8.16. The summed E-state index contributed by atoms with van der Waals surface area (Å²) in [7, 11) is 0. The lowest BCUT2D eigenvalue weighted by atomic mass is 10.1. The van der Waals surface area contributed by atoms with Gasteiger partial charge in [-0.15, -0.1) is 0 Å². The van der Waals surface area contributed by atoms with Gasteiger partial charge in [-0.1, -0.05) is 0 Å². The van der Waals surface area contributed by atoms with Crippen molar-refractivity contribution in [2.45, 2.75) is 31.5 Å². The van der Waals surface area contributed by atoms with Crippen LogP contribution in [0.2, 0.25) is 0 Å². The van der Waals surface area contributed by atoms with Gasteiger partial charge < -0.3 is 5.11 Å². The lowest BCUT2D eigenvalue weighted by molar-refractivity contribution is -0.142. The first kappa shape index (κ1) is 11.0. The third kappa shape index (κ3) is 2.34. The molecule has 4 nitrogen and oxygen atoms in total. The monoisotopic (exact) mass is 234 g/mol. The predicted molar refractivity (Wildman–Crippen MR) is 47.2 cm³/mol. The van der Waals surface area contributed by atoms with Crippen LogP contribution in [0.15, 0.2) is 6.20 Å². The molecular weight excluding hydrogens is 225 g/mol. The Kier molecular flexibility index (Phi) is 2.40. The van der Waals surface area contributed by atoms with E-state index in [9.17, 15) is 18.0 Å². The van der Waals surface area contributed by atoms with Crippen LogP contribution in [0.4, 0.5) is 13.2 Å². The van der Waals surface area contributed by atoms with Gasteiger partial charge in [-0.05, 0) is 18.8 Å². The molecule has 1 aliphatic carbocycles. The number of hydrogen-bond acceptors (Lipinski definition) is 2. The molecule has 0 unspecified atom stereocenters. The summed E-state index contributed by atoms with van der Waals surface area (Å²) in [6.45, 7) is -1.25. The fourth-order valence-electron chi connectivity index (χ4n) is 1.56. The number of aromatic carboxylic acids is 1. The zero-order valence-electron chi connectivity index (χ0n) is 8.16. The lowest BCUT2D eigenvalue weighted by Crippen LogP contribution is -2.18. The van der Waals surface area contributed by atoms with Gasteiger partial charge in [-0.25, -0.2) is 4.79 Å². The van der Waals surface area contributed by atoms with E-state index < -0.39 is 18.7 Å². The summed E-state index contributed by atoms with van der Waals surface area (Å²) < 4.78 is 36.9. The average Bonchev–Trinajstić information content (AvgIpc) is 2.86. The van der Waals surface area contributed by atoms with Gasteiger partial charge in [-0.3, -0.25) is 4.68 Å². The van der Waals surface area contributed by atoms with Crippen molar-refractivity contribution in [3.05, 3.63) is 17.5 Å². The first-order valence-corrected chi connectivity index (χ1v) is 4.74. The number of carboxylic acids is 1. The van der Waals surface area contributed by atoms with Crippen LogP contribution in [0, 0.1) is 0 Å². The standard InChI is InChI=1S/C9H9F3N2O2/c10-9(11,12)4-14-3-6(5-1-2-5)7(13-14)8(15)16/h3,5H,1-2,4H2,(H,15,16). The van der Waals surface area contributed by atoms with E-state index in [0.29, 0.717) is 10.2 Å². The van der Waals surface area contributed by atoms with Crippen molar-refractivity contribution in [3.63, 3.8) is 0 Å². The summed E-state index contributed by atoms with van der Waals surface area (Å²) in [6, 6.07) is 0. The van der Waals surface area contributed by atoms with Crippen LogP contribution in [0.25, 0.3) is 0 Å². The second-order valence-corrected chi connectivity index (χ2v) is 3.83. The summed E-state index contributed by atoms with van der Waals surface area (Å²) in [4.78, 5) is 10.8. The number of nitrogens with zero attached hydrogens (tertiary/aromatic N) is 2. The van der Waals surface area contributed by atoms with Gasteiger partial charge in [0.05, 0.1) is 0 Å². The molecule has 0 aromatic carbocycles. The van der Waals surface area contributed by atoms with Crippen molar-refractivity contribution in [3.8, 4) is 0 Å². The van der Waals surface area contributed by atoms with Gasteiger partial charge in [0.2, 0.25) is 0 Å². The Balaban J connectivity index is 2.27. The molecule has 0 radical (unpaired) electrons. The van der Waals surface area contributed by atoms with Gasteiger partial charge >= 0.3 is 12.1 Å². The maximum absolute atomic E-state index is 12.1. The first-order chi connectivity index (χ1) is 7.37. The van der Waals surface area contributed by atoms with Crippen LogP contribution in [0.3, 0.4) is 0 Å². The van der Waals surface area contributed by atoms with E-state index in [1.54, 1.807) is 0 Å². The zero-order chi connectivity index (χ0) is 11.9. The third-order valence-electron chi connectivity index (χ3n) is 2.35. The molecule has 16 heavy (non-hydrogen) atoms. The number of rotatable bonds is 3. The van der Waals surface area contributed by atoms with E-state index in [2.05, 4.69) is 5.10 Å². The van der Waals surface area contributed by atoms with Crippen molar-refractivity contribution < 1.29 is 23.1 Å². The SMILES string of the molecule is O=C(O)c1nn(CC(F)(F)F)cc1C1CC1. The number of aromatic nitrogens is 2. The first-order valence-electron chi connectivity index (χ1n) is 4.74. The molecule has 1 fully saturated rings. The van der Waals surface area contributed by atoms with Crippen LogP contribution in [-0.4, -0.2) is 27.0 Å². The molecule has 0 atom stereocenters. The van der Waals surface area contributed by atoms with E-state index in [4.69, 9.17) is 5.11 Å². The molecule has 0 aliphatic heterocycles. The fraction of sp³-hybridized carbons (Fsp3) is 0.556. The molecule has 1 aromatic heterocycles. The summed E-state index contributed by atoms with van der Waals surface area (Å²) in [5.41, 5.74) is 0.156. The molecule has 1 aromatic rings. The number of carbonyl (C=O) groups is 1. The molecule has 1 aliphatic rings. The number of hydrogen-bond donors (Lipinski definition) is 1. The second kappa shape index (κ2) is 3.50. The Morgan fingerprint density at radius 2 is 2.19 bits per heavy atom. The topological polar surface area (TPSA) is 55.1 Å². The van der Waals surface area contributed by atoms with Gasteiger partial charge in [0, 0.05) is 11.8 Å². The Labute approximate surface area is 88.7 Å². The molecule has 0 amide bonds. The van der Waals surface area contributed by atoms with E-state index in [-0.39, 0.29) is 11.6 Å². The smallest absolute Gasteiger partial charge is 0.408 e.